The van der Waals surface area contributed by atoms with Crippen molar-refractivity contribution in [3.8, 4) is 5.75 Å². The summed E-state index contributed by atoms with van der Waals surface area (Å²) in [6.07, 6.45) is 7.04. The van der Waals surface area contributed by atoms with Crippen LogP contribution in [0.1, 0.15) is 77.3 Å². The van der Waals surface area contributed by atoms with Gasteiger partial charge in [-0.1, -0.05) is 37.5 Å². The van der Waals surface area contributed by atoms with Crippen molar-refractivity contribution in [1.29, 1.82) is 0 Å². The highest BCUT2D eigenvalue weighted by atomic mass is 19.1. The number of ether oxygens (including phenoxy) is 1. The van der Waals surface area contributed by atoms with Gasteiger partial charge in [0.2, 0.25) is 5.91 Å². The van der Waals surface area contributed by atoms with Gasteiger partial charge < -0.3 is 24.7 Å². The second kappa shape index (κ2) is 12.6. The van der Waals surface area contributed by atoms with Crippen LogP contribution in [0.3, 0.4) is 0 Å². The van der Waals surface area contributed by atoms with E-state index in [4.69, 9.17) is 19.0 Å². The highest BCUT2D eigenvalue weighted by Crippen LogP contribution is 2.37. The van der Waals surface area contributed by atoms with Gasteiger partial charge in [0, 0.05) is 30.4 Å². The topological polar surface area (TPSA) is 81.7 Å². The second-order valence-corrected chi connectivity index (χ2v) is 12.7. The van der Waals surface area contributed by atoms with Gasteiger partial charge in [0.1, 0.15) is 17.4 Å². The van der Waals surface area contributed by atoms with E-state index in [0.29, 0.717) is 42.1 Å². The van der Waals surface area contributed by atoms with Crippen molar-refractivity contribution in [2.75, 3.05) is 19.0 Å². The van der Waals surface area contributed by atoms with Gasteiger partial charge in [-0.15, -0.1) is 0 Å². The van der Waals surface area contributed by atoms with E-state index < -0.39 is 24.1 Å². The standard InChI is InChI=1S/C33H43BFN3O4/c1-32(2)33(3,4)42-34(41-32)27-18-25-17-24(13-16-30(39)36-20-22-9-7-6-8-10-22)31(38-29(25)19-28(27)35)37-21-23-11-14-26(40-5)15-12-23/h11-12,14-15,17-19,22H,6-10,13,16,20-21H2,1-5H3,(H,36,39)(H,37,38). The molecule has 1 aliphatic heterocycles. The van der Waals surface area contributed by atoms with Crippen LogP contribution < -0.4 is 20.8 Å². The van der Waals surface area contributed by atoms with Crippen LogP contribution in [0, 0.1) is 11.7 Å². The molecule has 2 N–H and O–H groups in total. The molecule has 1 aliphatic carbocycles. The molecule has 1 aromatic heterocycles. The molecule has 2 aromatic carbocycles. The van der Waals surface area contributed by atoms with E-state index in [2.05, 4.69) is 10.6 Å². The number of amides is 1. The Bertz CT molecular complexity index is 1390. The third-order valence-electron chi connectivity index (χ3n) is 9.07. The molecular formula is C33H43BFN3O4. The molecule has 1 saturated heterocycles. The maximum atomic E-state index is 15.4. The van der Waals surface area contributed by atoms with Crippen molar-refractivity contribution < 1.29 is 23.2 Å². The molecule has 1 saturated carbocycles. The van der Waals surface area contributed by atoms with Crippen molar-refractivity contribution in [2.45, 2.75) is 90.4 Å². The van der Waals surface area contributed by atoms with Gasteiger partial charge in [0.15, 0.2) is 0 Å². The molecule has 0 radical (unpaired) electrons. The number of rotatable bonds is 10. The Labute approximate surface area is 249 Å². The maximum absolute atomic E-state index is 15.4. The number of anilines is 1. The van der Waals surface area contributed by atoms with Gasteiger partial charge in [-0.2, -0.15) is 0 Å². The predicted molar refractivity (Wildman–Crippen MR) is 166 cm³/mol. The lowest BCUT2D eigenvalue weighted by molar-refractivity contribution is -0.121. The first-order valence-corrected chi connectivity index (χ1v) is 15.2. The number of pyridine rings is 1. The second-order valence-electron chi connectivity index (χ2n) is 12.7. The van der Waals surface area contributed by atoms with Crippen LogP contribution in [-0.2, 0) is 27.1 Å². The quantitative estimate of drug-likeness (QED) is 0.292. The molecule has 0 bridgehead atoms. The molecule has 5 rings (SSSR count). The van der Waals surface area contributed by atoms with Crippen molar-refractivity contribution in [2.24, 2.45) is 5.92 Å². The molecule has 0 spiro atoms. The molecule has 9 heteroatoms. The molecular weight excluding hydrogens is 532 g/mol. The minimum Gasteiger partial charge on any atom is -0.497 e. The Balaban J connectivity index is 1.38. The molecule has 7 nitrogen and oxygen atoms in total. The Morgan fingerprint density at radius 3 is 2.40 bits per heavy atom. The number of nitrogens with zero attached hydrogens (tertiary/aromatic N) is 1. The van der Waals surface area contributed by atoms with E-state index in [1.807, 2.05) is 58.0 Å². The summed E-state index contributed by atoms with van der Waals surface area (Å²) in [5.74, 6) is 1.62. The highest BCUT2D eigenvalue weighted by molar-refractivity contribution is 6.62. The van der Waals surface area contributed by atoms with Crippen molar-refractivity contribution in [3.63, 3.8) is 0 Å². The van der Waals surface area contributed by atoms with Crippen LogP contribution in [-0.4, -0.2) is 42.9 Å². The number of halogens is 1. The molecule has 2 aliphatic rings. The van der Waals surface area contributed by atoms with Crippen molar-refractivity contribution in [3.05, 3.63) is 59.4 Å². The molecule has 1 amide bonds. The number of benzene rings is 2. The van der Waals surface area contributed by atoms with E-state index in [1.54, 1.807) is 13.2 Å². The fraction of sp³-hybridized carbons (Fsp3) is 0.515. The summed E-state index contributed by atoms with van der Waals surface area (Å²) in [5.41, 5.74) is 1.66. The number of carbonyl (C=O) groups excluding carboxylic acids is 1. The first-order valence-electron chi connectivity index (χ1n) is 15.2. The van der Waals surface area contributed by atoms with E-state index in [-0.39, 0.29) is 5.91 Å². The number of aromatic nitrogens is 1. The smallest absolute Gasteiger partial charge is 0.497 e. The number of aryl methyl sites for hydroxylation is 1. The Morgan fingerprint density at radius 2 is 1.74 bits per heavy atom. The fourth-order valence-corrected chi connectivity index (χ4v) is 5.67. The van der Waals surface area contributed by atoms with E-state index >= 15 is 4.39 Å². The van der Waals surface area contributed by atoms with Crippen LogP contribution in [0.2, 0.25) is 0 Å². The van der Waals surface area contributed by atoms with Crippen LogP contribution >= 0.6 is 0 Å². The van der Waals surface area contributed by atoms with Gasteiger partial charge in [0.25, 0.3) is 0 Å². The molecule has 224 valence electrons. The summed E-state index contributed by atoms with van der Waals surface area (Å²) in [4.78, 5) is 17.6. The number of hydrogen-bond donors (Lipinski definition) is 2. The molecule has 42 heavy (non-hydrogen) atoms. The van der Waals surface area contributed by atoms with E-state index in [0.717, 1.165) is 28.8 Å². The summed E-state index contributed by atoms with van der Waals surface area (Å²) >= 11 is 0. The summed E-state index contributed by atoms with van der Waals surface area (Å²) in [6.45, 7) is 9.07. The number of carbonyl (C=O) groups is 1. The van der Waals surface area contributed by atoms with Gasteiger partial charge in [-0.25, -0.2) is 9.37 Å². The number of methoxy groups -OCH3 is 1. The molecule has 2 fully saturated rings. The summed E-state index contributed by atoms with van der Waals surface area (Å²) in [5, 5.41) is 7.34. The van der Waals surface area contributed by atoms with Gasteiger partial charge in [0.05, 0.1) is 23.8 Å². The molecule has 2 heterocycles. The minimum absolute atomic E-state index is 0.0405. The SMILES string of the molecule is COc1ccc(CNc2nc3cc(F)c(B4OC(C)(C)C(C)(C)O4)cc3cc2CCC(=O)NCC2CCCCC2)cc1. The lowest BCUT2D eigenvalue weighted by Gasteiger charge is -2.32. The minimum atomic E-state index is -0.818. The zero-order valence-corrected chi connectivity index (χ0v) is 25.5. The van der Waals surface area contributed by atoms with Gasteiger partial charge in [-0.3, -0.25) is 4.79 Å². The van der Waals surface area contributed by atoms with E-state index in [1.165, 1.54) is 38.2 Å². The van der Waals surface area contributed by atoms with Crippen LogP contribution in [0.25, 0.3) is 10.9 Å². The molecule has 0 unspecified atom stereocenters. The third-order valence-corrected chi connectivity index (χ3v) is 9.07. The normalized spacial score (nSPS) is 18.3. The van der Waals surface area contributed by atoms with E-state index in [9.17, 15) is 4.79 Å². The fourth-order valence-electron chi connectivity index (χ4n) is 5.67. The summed E-state index contributed by atoms with van der Waals surface area (Å²) in [6, 6.07) is 13.0. The third kappa shape index (κ3) is 6.89. The largest absolute Gasteiger partial charge is 0.497 e. The Kier molecular flexibility index (Phi) is 9.09. The lowest BCUT2D eigenvalue weighted by atomic mass is 9.78. The summed E-state index contributed by atoms with van der Waals surface area (Å²) in [7, 11) is 0.822. The lowest BCUT2D eigenvalue weighted by Crippen LogP contribution is -2.41. The average Bonchev–Trinajstić information content (AvgIpc) is 3.20. The van der Waals surface area contributed by atoms with Crippen molar-refractivity contribution >= 4 is 35.2 Å². The van der Waals surface area contributed by atoms with Crippen LogP contribution in [0.4, 0.5) is 10.2 Å². The number of fused-ring (bicyclic) bond motifs is 1. The van der Waals surface area contributed by atoms with Crippen LogP contribution in [0.5, 0.6) is 5.75 Å². The zero-order chi connectivity index (χ0) is 29.9. The predicted octanol–water partition coefficient (Wildman–Crippen LogP) is 5.92. The number of nitrogens with one attached hydrogen (secondary N) is 2. The Hall–Kier alpha value is -3.17. The molecule has 0 atom stereocenters. The molecule has 3 aromatic rings. The maximum Gasteiger partial charge on any atom is 0.497 e. The highest BCUT2D eigenvalue weighted by Gasteiger charge is 2.52. The summed E-state index contributed by atoms with van der Waals surface area (Å²) < 4.78 is 33.0. The first-order chi connectivity index (χ1) is 20.0. The van der Waals surface area contributed by atoms with Gasteiger partial charge in [-0.05, 0) is 88.3 Å². The average molecular weight is 576 g/mol. The zero-order valence-electron chi connectivity index (χ0n) is 25.5. The Morgan fingerprint density at radius 1 is 1.05 bits per heavy atom. The van der Waals surface area contributed by atoms with Crippen molar-refractivity contribution in [1.82, 2.24) is 10.3 Å². The first kappa shape index (κ1) is 30.3. The van der Waals surface area contributed by atoms with Crippen LogP contribution in [0.15, 0.2) is 42.5 Å². The monoisotopic (exact) mass is 575 g/mol. The number of hydrogen-bond acceptors (Lipinski definition) is 6. The van der Waals surface area contributed by atoms with Gasteiger partial charge >= 0.3 is 7.12 Å².